The molecule has 0 fully saturated rings. The van der Waals surface area contributed by atoms with Gasteiger partial charge in [-0.25, -0.2) is 13.1 Å². The summed E-state index contributed by atoms with van der Waals surface area (Å²) in [6.45, 7) is 6.89. The van der Waals surface area contributed by atoms with Gasteiger partial charge in [-0.15, -0.1) is 0 Å². The first-order valence-electron chi connectivity index (χ1n) is 6.51. The van der Waals surface area contributed by atoms with Gasteiger partial charge in [0.15, 0.2) is 0 Å². The summed E-state index contributed by atoms with van der Waals surface area (Å²) in [5.41, 5.74) is 0.710. The van der Waals surface area contributed by atoms with Gasteiger partial charge < -0.3 is 10.1 Å². The Morgan fingerprint density at radius 1 is 1.25 bits per heavy atom. The first-order valence-corrected chi connectivity index (χ1v) is 7.99. The smallest absolute Gasteiger partial charge is 0.240 e. The van der Waals surface area contributed by atoms with E-state index in [0.29, 0.717) is 18.8 Å². The molecule has 1 aromatic rings. The van der Waals surface area contributed by atoms with E-state index in [9.17, 15) is 8.42 Å². The number of hydrogen-bond donors (Lipinski definition) is 2. The van der Waals surface area contributed by atoms with Crippen LogP contribution in [0.25, 0.3) is 0 Å². The highest BCUT2D eigenvalue weighted by atomic mass is 32.2. The minimum atomic E-state index is -3.49. The Balaban J connectivity index is 3.03. The second-order valence-corrected chi connectivity index (χ2v) is 7.66. The molecule has 0 atom stereocenters. The highest BCUT2D eigenvalue weighted by Crippen LogP contribution is 2.22. The maximum Gasteiger partial charge on any atom is 0.240 e. The van der Waals surface area contributed by atoms with Gasteiger partial charge in [-0.2, -0.15) is 0 Å². The number of nitrogens with one attached hydrogen (secondary N) is 2. The van der Waals surface area contributed by atoms with Gasteiger partial charge in [-0.3, -0.25) is 0 Å². The average molecular weight is 300 g/mol. The number of sulfonamides is 1. The van der Waals surface area contributed by atoms with E-state index >= 15 is 0 Å². The quantitative estimate of drug-likeness (QED) is 0.840. The van der Waals surface area contributed by atoms with Gasteiger partial charge >= 0.3 is 0 Å². The molecule has 0 saturated carbocycles. The van der Waals surface area contributed by atoms with Gasteiger partial charge in [0, 0.05) is 18.7 Å². The lowest BCUT2D eigenvalue weighted by Crippen LogP contribution is -2.32. The summed E-state index contributed by atoms with van der Waals surface area (Å²) in [5, 5.41) is 3.00. The van der Waals surface area contributed by atoms with Gasteiger partial charge in [0.05, 0.1) is 12.0 Å². The summed E-state index contributed by atoms with van der Waals surface area (Å²) in [5.74, 6) is 0.675. The van der Waals surface area contributed by atoms with Crippen LogP contribution >= 0.6 is 0 Å². The Kier molecular flexibility index (Phi) is 5.56. The summed E-state index contributed by atoms with van der Waals surface area (Å²) in [6, 6.07) is 4.88. The highest BCUT2D eigenvalue weighted by molar-refractivity contribution is 7.89. The number of ether oxygens (including phenoxy) is 1. The van der Waals surface area contributed by atoms with Crippen LogP contribution in [0.15, 0.2) is 23.1 Å². The minimum absolute atomic E-state index is 0.104. The standard InChI is InChI=1S/C14H24N2O3S/c1-14(2,3)10-16-20(17,18)12-6-7-13(19-5)11(8-12)9-15-4/h6-8,15-16H,9-10H2,1-5H3. The molecule has 0 bridgehead atoms. The van der Waals surface area contributed by atoms with E-state index in [2.05, 4.69) is 10.0 Å². The molecule has 1 aromatic carbocycles. The molecule has 0 aromatic heterocycles. The van der Waals surface area contributed by atoms with E-state index in [-0.39, 0.29) is 10.3 Å². The summed E-state index contributed by atoms with van der Waals surface area (Å²) in [4.78, 5) is 0.257. The van der Waals surface area contributed by atoms with Crippen molar-refractivity contribution in [3.8, 4) is 5.75 Å². The number of rotatable bonds is 6. The first-order chi connectivity index (χ1) is 9.19. The molecule has 1 rings (SSSR count). The molecule has 20 heavy (non-hydrogen) atoms. The van der Waals surface area contributed by atoms with Gasteiger partial charge in [0.2, 0.25) is 10.0 Å². The Morgan fingerprint density at radius 2 is 1.90 bits per heavy atom. The van der Waals surface area contributed by atoms with Crippen molar-refractivity contribution >= 4 is 10.0 Å². The molecule has 0 spiro atoms. The zero-order valence-corrected chi connectivity index (χ0v) is 13.6. The molecule has 0 aliphatic carbocycles. The maximum absolute atomic E-state index is 12.3. The van der Waals surface area contributed by atoms with E-state index in [0.717, 1.165) is 5.56 Å². The van der Waals surface area contributed by atoms with Crippen LogP contribution in [-0.2, 0) is 16.6 Å². The third-order valence-electron chi connectivity index (χ3n) is 2.72. The van der Waals surface area contributed by atoms with E-state index in [1.54, 1.807) is 32.4 Å². The van der Waals surface area contributed by atoms with Crippen molar-refractivity contribution in [1.29, 1.82) is 0 Å². The molecule has 5 nitrogen and oxygen atoms in total. The Labute approximate surface area is 121 Å². The lowest BCUT2D eigenvalue weighted by molar-refractivity contribution is 0.406. The average Bonchev–Trinajstić information content (AvgIpc) is 2.36. The van der Waals surface area contributed by atoms with Crippen LogP contribution in [0.1, 0.15) is 26.3 Å². The predicted octanol–water partition coefficient (Wildman–Crippen LogP) is 1.74. The molecule has 0 aliphatic rings. The van der Waals surface area contributed by atoms with Crippen LogP contribution in [0, 0.1) is 5.41 Å². The van der Waals surface area contributed by atoms with Crippen molar-refractivity contribution in [2.45, 2.75) is 32.2 Å². The molecule has 114 valence electrons. The predicted molar refractivity (Wildman–Crippen MR) is 80.4 cm³/mol. The third kappa shape index (κ3) is 4.77. The normalized spacial score (nSPS) is 12.4. The molecule has 0 radical (unpaired) electrons. The molecule has 2 N–H and O–H groups in total. The fourth-order valence-corrected chi connectivity index (χ4v) is 2.98. The third-order valence-corrected chi connectivity index (χ3v) is 4.12. The number of hydrogen-bond acceptors (Lipinski definition) is 4. The van der Waals surface area contributed by atoms with Crippen LogP contribution in [0.5, 0.6) is 5.75 Å². The zero-order chi connectivity index (χ0) is 15.4. The SMILES string of the molecule is CNCc1cc(S(=O)(=O)NCC(C)(C)C)ccc1OC. The van der Waals surface area contributed by atoms with Crippen LogP contribution in [0.3, 0.4) is 0 Å². The van der Waals surface area contributed by atoms with E-state index < -0.39 is 10.0 Å². The van der Waals surface area contributed by atoms with Crippen molar-refractivity contribution < 1.29 is 13.2 Å². The molecule has 0 aliphatic heterocycles. The summed E-state index contributed by atoms with van der Waals surface area (Å²) < 4.78 is 32.4. The van der Waals surface area contributed by atoms with Crippen molar-refractivity contribution in [3.63, 3.8) is 0 Å². The van der Waals surface area contributed by atoms with Gasteiger partial charge in [-0.05, 0) is 30.7 Å². The monoisotopic (exact) mass is 300 g/mol. The number of benzene rings is 1. The summed E-state index contributed by atoms with van der Waals surface area (Å²) in [6.07, 6.45) is 0. The molecule has 0 heterocycles. The Morgan fingerprint density at radius 3 is 2.40 bits per heavy atom. The summed E-state index contributed by atoms with van der Waals surface area (Å²) in [7, 11) is -0.119. The lowest BCUT2D eigenvalue weighted by atomic mass is 9.98. The zero-order valence-electron chi connectivity index (χ0n) is 12.8. The second-order valence-electron chi connectivity index (χ2n) is 5.89. The van der Waals surface area contributed by atoms with Crippen molar-refractivity contribution in [2.75, 3.05) is 20.7 Å². The van der Waals surface area contributed by atoms with Gasteiger partial charge in [-0.1, -0.05) is 20.8 Å². The van der Waals surface area contributed by atoms with Crippen molar-refractivity contribution in [3.05, 3.63) is 23.8 Å². The van der Waals surface area contributed by atoms with Crippen molar-refractivity contribution in [2.24, 2.45) is 5.41 Å². The van der Waals surface area contributed by atoms with Crippen LogP contribution in [-0.4, -0.2) is 29.1 Å². The fourth-order valence-electron chi connectivity index (χ4n) is 1.65. The second kappa shape index (κ2) is 6.56. The Bertz CT molecular complexity index is 548. The molecule has 0 unspecified atom stereocenters. The van der Waals surface area contributed by atoms with E-state index in [1.807, 2.05) is 20.8 Å². The molecular formula is C14H24N2O3S. The fraction of sp³-hybridized carbons (Fsp3) is 0.571. The van der Waals surface area contributed by atoms with Gasteiger partial charge in [0.25, 0.3) is 0 Å². The maximum atomic E-state index is 12.3. The molecular weight excluding hydrogens is 276 g/mol. The summed E-state index contributed by atoms with van der Waals surface area (Å²) >= 11 is 0. The molecule has 0 amide bonds. The van der Waals surface area contributed by atoms with Crippen LogP contribution in [0.2, 0.25) is 0 Å². The van der Waals surface area contributed by atoms with E-state index in [1.165, 1.54) is 0 Å². The Hall–Kier alpha value is -1.11. The molecule has 6 heteroatoms. The van der Waals surface area contributed by atoms with Crippen LogP contribution in [0.4, 0.5) is 0 Å². The van der Waals surface area contributed by atoms with Crippen molar-refractivity contribution in [1.82, 2.24) is 10.0 Å². The minimum Gasteiger partial charge on any atom is -0.496 e. The largest absolute Gasteiger partial charge is 0.496 e. The molecule has 0 saturated heterocycles. The lowest BCUT2D eigenvalue weighted by Gasteiger charge is -2.19. The van der Waals surface area contributed by atoms with Gasteiger partial charge in [0.1, 0.15) is 5.75 Å². The first kappa shape index (κ1) is 16.9. The van der Waals surface area contributed by atoms with Crippen LogP contribution < -0.4 is 14.8 Å². The highest BCUT2D eigenvalue weighted by Gasteiger charge is 2.19. The van der Waals surface area contributed by atoms with E-state index in [4.69, 9.17) is 4.74 Å². The topological polar surface area (TPSA) is 67.4 Å². The number of methoxy groups -OCH3 is 1.